The van der Waals surface area contributed by atoms with Crippen molar-refractivity contribution in [3.05, 3.63) is 53.2 Å². The quantitative estimate of drug-likeness (QED) is 0.781. The summed E-state index contributed by atoms with van der Waals surface area (Å²) in [6.45, 7) is 3.66. The molecule has 1 heterocycles. The first-order chi connectivity index (χ1) is 11.9. The van der Waals surface area contributed by atoms with Gasteiger partial charge in [0.1, 0.15) is 0 Å². The van der Waals surface area contributed by atoms with Crippen LogP contribution in [0.3, 0.4) is 0 Å². The third kappa shape index (κ3) is 4.17. The van der Waals surface area contributed by atoms with Crippen LogP contribution < -0.4 is 5.32 Å². The molecule has 5 nitrogen and oxygen atoms in total. The average molecular weight is 361 g/mol. The van der Waals surface area contributed by atoms with Crippen molar-refractivity contribution in [2.24, 2.45) is 5.41 Å². The SMILES string of the molecule is CCC(CC)(CNC(=O)c1cc(-c2ccccn2)ccc1Cl)C(=O)O. The van der Waals surface area contributed by atoms with Crippen molar-refractivity contribution in [3.63, 3.8) is 0 Å². The Morgan fingerprint density at radius 1 is 1.20 bits per heavy atom. The van der Waals surface area contributed by atoms with Crippen molar-refractivity contribution in [2.45, 2.75) is 26.7 Å². The predicted octanol–water partition coefficient (Wildman–Crippen LogP) is 4.02. The fraction of sp³-hybridized carbons (Fsp3) is 0.316. The lowest BCUT2D eigenvalue weighted by Gasteiger charge is -2.26. The maximum absolute atomic E-state index is 12.5. The van der Waals surface area contributed by atoms with Gasteiger partial charge in [-0.15, -0.1) is 0 Å². The number of nitrogens with one attached hydrogen (secondary N) is 1. The van der Waals surface area contributed by atoms with E-state index < -0.39 is 17.3 Å². The largest absolute Gasteiger partial charge is 0.481 e. The van der Waals surface area contributed by atoms with Crippen LogP contribution in [0.15, 0.2) is 42.6 Å². The number of nitrogens with zero attached hydrogens (tertiary/aromatic N) is 1. The number of rotatable bonds is 7. The highest BCUT2D eigenvalue weighted by atomic mass is 35.5. The molecule has 1 aromatic carbocycles. The molecule has 0 unspecified atom stereocenters. The molecule has 0 radical (unpaired) electrons. The highest BCUT2D eigenvalue weighted by molar-refractivity contribution is 6.34. The first-order valence-corrected chi connectivity index (χ1v) is 8.54. The van der Waals surface area contributed by atoms with Gasteiger partial charge in [0, 0.05) is 18.3 Å². The van der Waals surface area contributed by atoms with Crippen LogP contribution in [0.2, 0.25) is 5.02 Å². The Morgan fingerprint density at radius 2 is 1.92 bits per heavy atom. The van der Waals surface area contributed by atoms with Crippen LogP contribution in [0.5, 0.6) is 0 Å². The van der Waals surface area contributed by atoms with Crippen molar-refractivity contribution >= 4 is 23.5 Å². The summed E-state index contributed by atoms with van der Waals surface area (Å²) in [6, 6.07) is 10.6. The van der Waals surface area contributed by atoms with Gasteiger partial charge in [0.15, 0.2) is 0 Å². The molecular weight excluding hydrogens is 340 g/mol. The molecule has 6 heteroatoms. The van der Waals surface area contributed by atoms with Gasteiger partial charge in [-0.1, -0.05) is 37.6 Å². The molecule has 0 fully saturated rings. The predicted molar refractivity (Wildman–Crippen MR) is 97.7 cm³/mol. The Hall–Kier alpha value is -2.40. The monoisotopic (exact) mass is 360 g/mol. The molecule has 1 amide bonds. The molecule has 0 spiro atoms. The van der Waals surface area contributed by atoms with Crippen LogP contribution in [0.1, 0.15) is 37.0 Å². The summed E-state index contributed by atoms with van der Waals surface area (Å²) in [5, 5.41) is 12.5. The number of carbonyl (C=O) groups excluding carboxylic acids is 1. The van der Waals surface area contributed by atoms with Crippen LogP contribution in [0, 0.1) is 5.41 Å². The normalized spacial score (nSPS) is 11.2. The fourth-order valence-corrected chi connectivity index (χ4v) is 2.82. The van der Waals surface area contributed by atoms with Crippen molar-refractivity contribution in [2.75, 3.05) is 6.54 Å². The zero-order valence-corrected chi connectivity index (χ0v) is 15.0. The number of hydrogen-bond donors (Lipinski definition) is 2. The number of benzene rings is 1. The zero-order valence-electron chi connectivity index (χ0n) is 14.3. The van der Waals surface area contributed by atoms with Gasteiger partial charge in [-0.3, -0.25) is 14.6 Å². The van der Waals surface area contributed by atoms with E-state index >= 15 is 0 Å². The van der Waals surface area contributed by atoms with Gasteiger partial charge in [-0.2, -0.15) is 0 Å². The molecule has 0 saturated carbocycles. The Labute approximate surface area is 152 Å². The second kappa shape index (κ2) is 8.12. The minimum absolute atomic E-state index is 0.0539. The van der Waals surface area contributed by atoms with Gasteiger partial charge in [0.05, 0.1) is 21.7 Å². The summed E-state index contributed by atoms with van der Waals surface area (Å²) >= 11 is 6.16. The van der Waals surface area contributed by atoms with Gasteiger partial charge in [-0.25, -0.2) is 0 Å². The fourth-order valence-electron chi connectivity index (χ4n) is 2.61. The molecule has 0 aliphatic carbocycles. The molecule has 0 aliphatic rings. The zero-order chi connectivity index (χ0) is 18.4. The smallest absolute Gasteiger partial charge is 0.311 e. The molecule has 0 aliphatic heterocycles. The summed E-state index contributed by atoms with van der Waals surface area (Å²) < 4.78 is 0. The van der Waals surface area contributed by atoms with Gasteiger partial charge < -0.3 is 10.4 Å². The molecule has 132 valence electrons. The van der Waals surface area contributed by atoms with Crippen LogP contribution in [-0.4, -0.2) is 28.5 Å². The second-order valence-electron chi connectivity index (χ2n) is 5.88. The number of aliphatic carboxylic acids is 1. The summed E-state index contributed by atoms with van der Waals surface area (Å²) in [6.07, 6.45) is 2.54. The highest BCUT2D eigenvalue weighted by Crippen LogP contribution is 2.27. The van der Waals surface area contributed by atoms with Gasteiger partial charge in [0.25, 0.3) is 5.91 Å². The second-order valence-corrected chi connectivity index (χ2v) is 6.29. The first kappa shape index (κ1) is 18.9. The molecule has 25 heavy (non-hydrogen) atoms. The minimum Gasteiger partial charge on any atom is -0.481 e. The number of aromatic nitrogens is 1. The Kier molecular flexibility index (Phi) is 6.15. The minimum atomic E-state index is -0.971. The number of amides is 1. The molecular formula is C19H21ClN2O3. The van der Waals surface area contributed by atoms with Crippen LogP contribution in [-0.2, 0) is 4.79 Å². The number of carbonyl (C=O) groups is 2. The van der Waals surface area contributed by atoms with Gasteiger partial charge in [0.2, 0.25) is 0 Å². The summed E-state index contributed by atoms with van der Waals surface area (Å²) in [5.74, 6) is -1.30. The van der Waals surface area contributed by atoms with E-state index in [0.29, 0.717) is 23.4 Å². The maximum Gasteiger partial charge on any atom is 0.311 e. The molecule has 1 aromatic heterocycles. The molecule has 2 rings (SSSR count). The topological polar surface area (TPSA) is 79.3 Å². The van der Waals surface area contributed by atoms with Crippen molar-refractivity contribution in [3.8, 4) is 11.3 Å². The average Bonchev–Trinajstić information content (AvgIpc) is 2.63. The summed E-state index contributed by atoms with van der Waals surface area (Å²) in [5.41, 5.74) is 0.831. The Balaban J connectivity index is 2.23. The Bertz CT molecular complexity index is 759. The number of carboxylic acid groups (broad SMARTS) is 1. The first-order valence-electron chi connectivity index (χ1n) is 8.16. The summed E-state index contributed by atoms with van der Waals surface area (Å²) in [7, 11) is 0. The van der Waals surface area contributed by atoms with Gasteiger partial charge in [-0.05, 0) is 37.1 Å². The van der Waals surface area contributed by atoms with Crippen molar-refractivity contribution < 1.29 is 14.7 Å². The number of pyridine rings is 1. The lowest BCUT2D eigenvalue weighted by Crippen LogP contribution is -2.42. The number of hydrogen-bond acceptors (Lipinski definition) is 3. The van der Waals surface area contributed by atoms with Gasteiger partial charge >= 0.3 is 5.97 Å². The molecule has 2 aromatic rings. The van der Waals surface area contributed by atoms with E-state index in [4.69, 9.17) is 11.6 Å². The highest BCUT2D eigenvalue weighted by Gasteiger charge is 2.35. The molecule has 0 saturated heterocycles. The van der Waals surface area contributed by atoms with Crippen molar-refractivity contribution in [1.82, 2.24) is 10.3 Å². The molecule has 0 bridgehead atoms. The van der Waals surface area contributed by atoms with E-state index in [1.807, 2.05) is 18.2 Å². The maximum atomic E-state index is 12.5. The van der Waals surface area contributed by atoms with E-state index in [1.165, 1.54) is 0 Å². The van der Waals surface area contributed by atoms with Crippen LogP contribution in [0.4, 0.5) is 0 Å². The lowest BCUT2D eigenvalue weighted by molar-refractivity contribution is -0.149. The van der Waals surface area contributed by atoms with E-state index in [9.17, 15) is 14.7 Å². The van der Waals surface area contributed by atoms with E-state index in [1.54, 1.807) is 38.2 Å². The lowest BCUT2D eigenvalue weighted by atomic mass is 9.82. The standard InChI is InChI=1S/C19H21ClN2O3/c1-3-19(4-2,18(24)25)12-22-17(23)14-11-13(8-9-15(14)20)16-7-5-6-10-21-16/h5-11H,3-4,12H2,1-2H3,(H,22,23)(H,24,25). The number of carboxylic acids is 1. The molecule has 2 N–H and O–H groups in total. The van der Waals surface area contributed by atoms with E-state index in [0.717, 1.165) is 11.3 Å². The summed E-state index contributed by atoms with van der Waals surface area (Å²) in [4.78, 5) is 28.4. The number of halogens is 1. The van der Waals surface area contributed by atoms with Crippen LogP contribution in [0.25, 0.3) is 11.3 Å². The third-order valence-electron chi connectivity index (χ3n) is 4.57. The van der Waals surface area contributed by atoms with Crippen LogP contribution >= 0.6 is 11.6 Å². The van der Waals surface area contributed by atoms with E-state index in [2.05, 4.69) is 10.3 Å². The Morgan fingerprint density at radius 3 is 2.48 bits per heavy atom. The third-order valence-corrected chi connectivity index (χ3v) is 4.90. The molecule has 0 atom stereocenters. The van der Waals surface area contributed by atoms with E-state index in [-0.39, 0.29) is 6.54 Å². The van der Waals surface area contributed by atoms with Crippen molar-refractivity contribution in [1.29, 1.82) is 0 Å².